The lowest BCUT2D eigenvalue weighted by molar-refractivity contribution is 0.194. The maximum atomic E-state index is 9.01. The lowest BCUT2D eigenvalue weighted by atomic mass is 9.89. The molecule has 1 aliphatic heterocycles. The van der Waals surface area contributed by atoms with E-state index in [9.17, 15) is 0 Å². The van der Waals surface area contributed by atoms with Gasteiger partial charge in [0.1, 0.15) is 0 Å². The molecule has 2 rings (SSSR count). The van der Waals surface area contributed by atoms with Crippen LogP contribution in [0.5, 0.6) is 0 Å². The zero-order chi connectivity index (χ0) is 13.9. The van der Waals surface area contributed by atoms with Crippen LogP contribution < -0.4 is 0 Å². The first kappa shape index (κ1) is 14.6. The average molecular weight is 276 g/mol. The van der Waals surface area contributed by atoms with E-state index in [0.29, 0.717) is 6.04 Å². The summed E-state index contributed by atoms with van der Waals surface area (Å²) in [7, 11) is 0. The fourth-order valence-electron chi connectivity index (χ4n) is 2.80. The smallest absolute Gasteiger partial charge is 0.0683 e. The first-order valence-corrected chi connectivity index (χ1v) is 8.13. The summed E-state index contributed by atoms with van der Waals surface area (Å²) in [6.45, 7) is 8.75. The Bertz CT molecular complexity index is 456. The Labute approximate surface area is 121 Å². The first-order chi connectivity index (χ1) is 9.03. The second-order valence-corrected chi connectivity index (χ2v) is 7.21. The van der Waals surface area contributed by atoms with Crippen molar-refractivity contribution in [3.05, 3.63) is 21.9 Å². The fourth-order valence-corrected chi connectivity index (χ4v) is 3.77. The molecule has 0 radical (unpaired) electrons. The van der Waals surface area contributed by atoms with Gasteiger partial charge in [-0.15, -0.1) is 11.3 Å². The van der Waals surface area contributed by atoms with Gasteiger partial charge in [-0.3, -0.25) is 4.90 Å². The molecule has 0 N–H and O–H groups in total. The number of fused-ring (bicyclic) bond motifs is 1. The minimum atomic E-state index is -0.159. The van der Waals surface area contributed by atoms with E-state index in [2.05, 4.69) is 29.3 Å². The third kappa shape index (κ3) is 3.58. The zero-order valence-corrected chi connectivity index (χ0v) is 13.1. The number of thiophene rings is 1. The number of nitrogens with zero attached hydrogens (tertiary/aromatic N) is 2. The molecule has 2 heterocycles. The minimum absolute atomic E-state index is 0.159. The van der Waals surface area contributed by atoms with E-state index < -0.39 is 0 Å². The fraction of sp³-hybridized carbons (Fsp3) is 0.688. The molecule has 1 aromatic rings. The standard InChI is InChI=1S/C16H24N2S/c1-13-14-7-11-19-15(14)6-10-18(13)9-5-4-8-16(2,3)12-17/h7,11,13H,4-6,8-10H2,1-3H3. The van der Waals surface area contributed by atoms with E-state index in [1.165, 1.54) is 24.9 Å². The molecule has 0 amide bonds. The summed E-state index contributed by atoms with van der Waals surface area (Å²) in [5, 5.41) is 11.2. The largest absolute Gasteiger partial charge is 0.296 e. The Hall–Kier alpha value is -0.850. The molecule has 0 spiro atoms. The molecular formula is C16H24N2S. The number of unbranched alkanes of at least 4 members (excludes halogenated alkanes) is 1. The van der Waals surface area contributed by atoms with Gasteiger partial charge < -0.3 is 0 Å². The lowest BCUT2D eigenvalue weighted by Crippen LogP contribution is -2.34. The van der Waals surface area contributed by atoms with Crippen molar-refractivity contribution in [3.8, 4) is 6.07 Å². The molecule has 0 saturated carbocycles. The predicted molar refractivity (Wildman–Crippen MR) is 81.3 cm³/mol. The molecule has 0 aliphatic carbocycles. The Morgan fingerprint density at radius 1 is 1.47 bits per heavy atom. The molecule has 2 nitrogen and oxygen atoms in total. The second-order valence-electron chi connectivity index (χ2n) is 6.21. The van der Waals surface area contributed by atoms with Crippen molar-refractivity contribution in [2.24, 2.45) is 5.41 Å². The van der Waals surface area contributed by atoms with Crippen molar-refractivity contribution < 1.29 is 0 Å². The monoisotopic (exact) mass is 276 g/mol. The second kappa shape index (κ2) is 6.07. The van der Waals surface area contributed by atoms with E-state index in [1.807, 2.05) is 25.2 Å². The van der Waals surface area contributed by atoms with E-state index in [0.717, 1.165) is 19.4 Å². The van der Waals surface area contributed by atoms with Gasteiger partial charge in [0.05, 0.1) is 11.5 Å². The van der Waals surface area contributed by atoms with Gasteiger partial charge in [0.15, 0.2) is 0 Å². The van der Waals surface area contributed by atoms with Crippen molar-refractivity contribution in [2.75, 3.05) is 13.1 Å². The van der Waals surface area contributed by atoms with Crippen LogP contribution in [0.25, 0.3) is 0 Å². The van der Waals surface area contributed by atoms with E-state index in [1.54, 1.807) is 4.88 Å². The summed E-state index contributed by atoms with van der Waals surface area (Å²) < 4.78 is 0. The number of rotatable bonds is 5. The molecule has 1 aliphatic rings. The number of hydrogen-bond acceptors (Lipinski definition) is 3. The van der Waals surface area contributed by atoms with Crippen molar-refractivity contribution in [2.45, 2.75) is 52.5 Å². The average Bonchev–Trinajstić information content (AvgIpc) is 2.86. The van der Waals surface area contributed by atoms with Gasteiger partial charge in [-0.05, 0) is 63.6 Å². The molecule has 0 saturated heterocycles. The van der Waals surface area contributed by atoms with Crippen LogP contribution in [-0.4, -0.2) is 18.0 Å². The summed E-state index contributed by atoms with van der Waals surface area (Å²) in [4.78, 5) is 4.17. The van der Waals surface area contributed by atoms with Crippen LogP contribution in [0.3, 0.4) is 0 Å². The molecule has 3 heteroatoms. The van der Waals surface area contributed by atoms with Crippen LogP contribution in [0.4, 0.5) is 0 Å². The summed E-state index contributed by atoms with van der Waals surface area (Å²) in [5.41, 5.74) is 1.38. The van der Waals surface area contributed by atoms with Crippen LogP contribution in [0, 0.1) is 16.7 Å². The first-order valence-electron chi connectivity index (χ1n) is 7.25. The highest BCUT2D eigenvalue weighted by atomic mass is 32.1. The molecule has 0 aromatic carbocycles. The van der Waals surface area contributed by atoms with Gasteiger partial charge >= 0.3 is 0 Å². The SMILES string of the molecule is CC1c2ccsc2CCN1CCCCC(C)(C)C#N. The van der Waals surface area contributed by atoms with Gasteiger partial charge in [-0.1, -0.05) is 6.42 Å². The molecule has 104 valence electrons. The molecule has 1 atom stereocenters. The highest BCUT2D eigenvalue weighted by Crippen LogP contribution is 2.33. The maximum absolute atomic E-state index is 9.01. The summed E-state index contributed by atoms with van der Waals surface area (Å²) >= 11 is 1.90. The molecule has 1 unspecified atom stereocenters. The van der Waals surface area contributed by atoms with Crippen LogP contribution in [0.15, 0.2) is 11.4 Å². The number of hydrogen-bond donors (Lipinski definition) is 0. The highest BCUT2D eigenvalue weighted by Gasteiger charge is 2.24. The Balaban J connectivity index is 1.78. The van der Waals surface area contributed by atoms with Crippen LogP contribution in [0.1, 0.15) is 56.5 Å². The van der Waals surface area contributed by atoms with Crippen LogP contribution >= 0.6 is 11.3 Å². The van der Waals surface area contributed by atoms with Gasteiger partial charge in [-0.25, -0.2) is 0 Å². The maximum Gasteiger partial charge on any atom is 0.0683 e. The Kier molecular flexibility index (Phi) is 4.65. The summed E-state index contributed by atoms with van der Waals surface area (Å²) in [5.74, 6) is 0. The minimum Gasteiger partial charge on any atom is -0.296 e. The van der Waals surface area contributed by atoms with Gasteiger partial charge in [-0.2, -0.15) is 5.26 Å². The van der Waals surface area contributed by atoms with E-state index in [4.69, 9.17) is 5.26 Å². The van der Waals surface area contributed by atoms with E-state index in [-0.39, 0.29) is 5.41 Å². The topological polar surface area (TPSA) is 27.0 Å². The van der Waals surface area contributed by atoms with Gasteiger partial charge in [0, 0.05) is 17.5 Å². The molecule has 0 fully saturated rings. The number of nitriles is 1. The lowest BCUT2D eigenvalue weighted by Gasteiger charge is -2.33. The van der Waals surface area contributed by atoms with Crippen molar-refractivity contribution in [1.82, 2.24) is 4.90 Å². The predicted octanol–water partition coefficient (Wildman–Crippen LogP) is 4.39. The van der Waals surface area contributed by atoms with Gasteiger partial charge in [0.2, 0.25) is 0 Å². The quantitative estimate of drug-likeness (QED) is 0.746. The van der Waals surface area contributed by atoms with Crippen molar-refractivity contribution in [3.63, 3.8) is 0 Å². The Morgan fingerprint density at radius 3 is 3.00 bits per heavy atom. The third-order valence-electron chi connectivity index (χ3n) is 4.20. The summed E-state index contributed by atoms with van der Waals surface area (Å²) in [6.07, 6.45) is 4.58. The third-order valence-corrected chi connectivity index (χ3v) is 5.20. The molecule has 0 bridgehead atoms. The molecule has 1 aromatic heterocycles. The Morgan fingerprint density at radius 2 is 2.26 bits per heavy atom. The summed E-state index contributed by atoms with van der Waals surface area (Å²) in [6, 6.07) is 5.24. The van der Waals surface area contributed by atoms with E-state index >= 15 is 0 Å². The highest BCUT2D eigenvalue weighted by molar-refractivity contribution is 7.10. The van der Waals surface area contributed by atoms with Crippen molar-refractivity contribution in [1.29, 1.82) is 5.26 Å². The van der Waals surface area contributed by atoms with Crippen LogP contribution in [-0.2, 0) is 6.42 Å². The van der Waals surface area contributed by atoms with Crippen molar-refractivity contribution >= 4 is 11.3 Å². The zero-order valence-electron chi connectivity index (χ0n) is 12.3. The normalized spacial score (nSPS) is 20.0. The van der Waals surface area contributed by atoms with Gasteiger partial charge in [0.25, 0.3) is 0 Å². The molecule has 19 heavy (non-hydrogen) atoms. The molecular weight excluding hydrogens is 252 g/mol. The van der Waals surface area contributed by atoms with Crippen LogP contribution in [0.2, 0.25) is 0 Å².